The SMILES string of the molecule is Cc1ccc(C)c(Sc2ccc(CNC3CC3)cc2)c1. The maximum Gasteiger partial charge on any atom is 0.0208 e. The fourth-order valence-corrected chi connectivity index (χ4v) is 3.17. The van der Waals surface area contributed by atoms with E-state index in [0.717, 1.165) is 12.6 Å². The summed E-state index contributed by atoms with van der Waals surface area (Å²) in [4.78, 5) is 2.67. The van der Waals surface area contributed by atoms with Gasteiger partial charge in [-0.3, -0.25) is 0 Å². The number of hydrogen-bond acceptors (Lipinski definition) is 2. The minimum absolute atomic E-state index is 0.777. The first-order chi connectivity index (χ1) is 9.70. The fourth-order valence-electron chi connectivity index (χ4n) is 2.17. The second-order valence-electron chi connectivity index (χ2n) is 5.67. The van der Waals surface area contributed by atoms with Crippen LogP contribution in [0, 0.1) is 13.8 Å². The van der Waals surface area contributed by atoms with Crippen molar-refractivity contribution in [2.24, 2.45) is 0 Å². The van der Waals surface area contributed by atoms with Gasteiger partial charge in [-0.05, 0) is 61.6 Å². The van der Waals surface area contributed by atoms with Crippen LogP contribution in [0.25, 0.3) is 0 Å². The van der Waals surface area contributed by atoms with E-state index in [1.807, 2.05) is 11.8 Å². The standard InChI is InChI=1S/C18H21NS/c1-13-3-4-14(2)18(11-13)20-17-9-5-15(6-10-17)12-19-16-7-8-16/h3-6,9-11,16,19H,7-8,12H2,1-2H3. The zero-order valence-corrected chi connectivity index (χ0v) is 13.0. The number of rotatable bonds is 5. The van der Waals surface area contributed by atoms with Gasteiger partial charge >= 0.3 is 0 Å². The summed E-state index contributed by atoms with van der Waals surface area (Å²) >= 11 is 1.85. The fraction of sp³-hybridized carbons (Fsp3) is 0.333. The van der Waals surface area contributed by atoms with Crippen LogP contribution in [0.3, 0.4) is 0 Å². The van der Waals surface area contributed by atoms with Crippen LogP contribution < -0.4 is 5.32 Å². The van der Waals surface area contributed by atoms with E-state index in [0.29, 0.717) is 0 Å². The first-order valence-electron chi connectivity index (χ1n) is 7.28. The second-order valence-corrected chi connectivity index (χ2v) is 6.79. The molecule has 0 aliphatic heterocycles. The highest BCUT2D eigenvalue weighted by Crippen LogP contribution is 2.31. The molecule has 0 heterocycles. The summed E-state index contributed by atoms with van der Waals surface area (Å²) in [5.74, 6) is 0. The quantitative estimate of drug-likeness (QED) is 0.853. The lowest BCUT2D eigenvalue weighted by atomic mass is 10.2. The van der Waals surface area contributed by atoms with Crippen LogP contribution >= 0.6 is 11.8 Å². The van der Waals surface area contributed by atoms with Crippen LogP contribution in [0.15, 0.2) is 52.3 Å². The van der Waals surface area contributed by atoms with Crippen molar-refractivity contribution >= 4 is 11.8 Å². The molecule has 1 saturated carbocycles. The van der Waals surface area contributed by atoms with Gasteiger partial charge in [0.05, 0.1) is 0 Å². The van der Waals surface area contributed by atoms with Crippen molar-refractivity contribution in [3.05, 3.63) is 59.2 Å². The van der Waals surface area contributed by atoms with Gasteiger partial charge < -0.3 is 5.32 Å². The molecule has 1 nitrogen and oxygen atoms in total. The topological polar surface area (TPSA) is 12.0 Å². The molecule has 2 aromatic carbocycles. The van der Waals surface area contributed by atoms with E-state index in [-0.39, 0.29) is 0 Å². The normalized spacial score (nSPS) is 14.5. The zero-order valence-electron chi connectivity index (χ0n) is 12.1. The summed E-state index contributed by atoms with van der Waals surface area (Å²) in [6.07, 6.45) is 2.70. The molecule has 0 aromatic heterocycles. The molecule has 0 saturated heterocycles. The molecular formula is C18H21NS. The number of benzene rings is 2. The minimum Gasteiger partial charge on any atom is -0.310 e. The maximum atomic E-state index is 3.55. The number of hydrogen-bond donors (Lipinski definition) is 1. The van der Waals surface area contributed by atoms with E-state index in [1.54, 1.807) is 0 Å². The van der Waals surface area contributed by atoms with Gasteiger partial charge in [0.25, 0.3) is 0 Å². The summed E-state index contributed by atoms with van der Waals surface area (Å²) in [6.45, 7) is 5.32. The van der Waals surface area contributed by atoms with Crippen LogP contribution in [-0.4, -0.2) is 6.04 Å². The van der Waals surface area contributed by atoms with Crippen molar-refractivity contribution in [2.75, 3.05) is 0 Å². The van der Waals surface area contributed by atoms with E-state index in [1.165, 1.54) is 39.3 Å². The van der Waals surface area contributed by atoms with Gasteiger partial charge in [0.15, 0.2) is 0 Å². The molecule has 0 radical (unpaired) electrons. The smallest absolute Gasteiger partial charge is 0.0208 e. The average Bonchev–Trinajstić information content (AvgIpc) is 3.26. The molecule has 3 rings (SSSR count). The Morgan fingerprint density at radius 1 is 1.05 bits per heavy atom. The number of nitrogens with one attached hydrogen (secondary N) is 1. The van der Waals surface area contributed by atoms with Crippen molar-refractivity contribution in [1.29, 1.82) is 0 Å². The minimum atomic E-state index is 0.777. The van der Waals surface area contributed by atoms with Gasteiger partial charge in [0.2, 0.25) is 0 Å². The van der Waals surface area contributed by atoms with E-state index in [2.05, 4.69) is 61.6 Å². The largest absolute Gasteiger partial charge is 0.310 e. The molecule has 1 fully saturated rings. The molecule has 1 aliphatic carbocycles. The highest BCUT2D eigenvalue weighted by molar-refractivity contribution is 7.99. The van der Waals surface area contributed by atoms with Crippen molar-refractivity contribution < 1.29 is 0 Å². The van der Waals surface area contributed by atoms with Gasteiger partial charge in [0.1, 0.15) is 0 Å². The summed E-state index contributed by atoms with van der Waals surface area (Å²) in [5, 5.41) is 3.55. The van der Waals surface area contributed by atoms with Gasteiger partial charge in [-0.1, -0.05) is 36.0 Å². The molecule has 0 unspecified atom stereocenters. The van der Waals surface area contributed by atoms with Crippen molar-refractivity contribution in [2.45, 2.75) is 49.1 Å². The molecule has 0 spiro atoms. The Labute approximate surface area is 125 Å². The lowest BCUT2D eigenvalue weighted by Crippen LogP contribution is -2.14. The van der Waals surface area contributed by atoms with E-state index in [9.17, 15) is 0 Å². The van der Waals surface area contributed by atoms with Crippen molar-refractivity contribution in [3.63, 3.8) is 0 Å². The summed E-state index contributed by atoms with van der Waals surface area (Å²) < 4.78 is 0. The average molecular weight is 283 g/mol. The molecule has 2 heteroatoms. The highest BCUT2D eigenvalue weighted by atomic mass is 32.2. The predicted octanol–water partition coefficient (Wildman–Crippen LogP) is 4.71. The molecule has 0 atom stereocenters. The molecule has 1 N–H and O–H groups in total. The molecule has 0 bridgehead atoms. The van der Waals surface area contributed by atoms with Gasteiger partial charge in [-0.2, -0.15) is 0 Å². The first kappa shape index (κ1) is 13.7. The predicted molar refractivity (Wildman–Crippen MR) is 86.3 cm³/mol. The van der Waals surface area contributed by atoms with Gasteiger partial charge in [0, 0.05) is 22.4 Å². The molecule has 20 heavy (non-hydrogen) atoms. The van der Waals surface area contributed by atoms with Gasteiger partial charge in [-0.25, -0.2) is 0 Å². The molecule has 104 valence electrons. The lowest BCUT2D eigenvalue weighted by molar-refractivity contribution is 0.687. The summed E-state index contributed by atoms with van der Waals surface area (Å²) in [7, 11) is 0. The van der Waals surface area contributed by atoms with Crippen LogP contribution in [0.5, 0.6) is 0 Å². The monoisotopic (exact) mass is 283 g/mol. The van der Waals surface area contributed by atoms with Gasteiger partial charge in [-0.15, -0.1) is 0 Å². The first-order valence-corrected chi connectivity index (χ1v) is 8.10. The van der Waals surface area contributed by atoms with Crippen LogP contribution in [-0.2, 0) is 6.54 Å². The summed E-state index contributed by atoms with van der Waals surface area (Å²) in [5.41, 5.74) is 4.05. The van der Waals surface area contributed by atoms with Crippen molar-refractivity contribution in [1.82, 2.24) is 5.32 Å². The third-order valence-corrected chi connectivity index (χ3v) is 4.83. The Kier molecular flexibility index (Phi) is 4.13. The Hall–Kier alpha value is -1.25. The zero-order chi connectivity index (χ0) is 13.9. The Morgan fingerprint density at radius 3 is 2.50 bits per heavy atom. The number of aryl methyl sites for hydroxylation is 2. The van der Waals surface area contributed by atoms with E-state index < -0.39 is 0 Å². The van der Waals surface area contributed by atoms with Crippen LogP contribution in [0.2, 0.25) is 0 Å². The molecule has 0 amide bonds. The Bertz CT molecular complexity index is 585. The Balaban J connectivity index is 1.66. The second kappa shape index (κ2) is 6.02. The highest BCUT2D eigenvalue weighted by Gasteiger charge is 2.19. The molecule has 1 aliphatic rings. The Morgan fingerprint density at radius 2 is 1.80 bits per heavy atom. The maximum absolute atomic E-state index is 3.55. The van der Waals surface area contributed by atoms with Crippen LogP contribution in [0.1, 0.15) is 29.5 Å². The lowest BCUT2D eigenvalue weighted by Gasteiger charge is -2.08. The summed E-state index contributed by atoms with van der Waals surface area (Å²) in [6, 6.07) is 16.4. The van der Waals surface area contributed by atoms with E-state index >= 15 is 0 Å². The molecular weight excluding hydrogens is 262 g/mol. The van der Waals surface area contributed by atoms with Crippen molar-refractivity contribution in [3.8, 4) is 0 Å². The third kappa shape index (κ3) is 3.65. The molecule has 2 aromatic rings. The van der Waals surface area contributed by atoms with Crippen LogP contribution in [0.4, 0.5) is 0 Å². The third-order valence-electron chi connectivity index (χ3n) is 3.67. The van der Waals surface area contributed by atoms with E-state index in [4.69, 9.17) is 0 Å².